The summed E-state index contributed by atoms with van der Waals surface area (Å²) in [7, 11) is 0. The second kappa shape index (κ2) is 12.1. The van der Waals surface area contributed by atoms with Crippen LogP contribution in [0.15, 0.2) is 121 Å². The van der Waals surface area contributed by atoms with E-state index in [1.807, 2.05) is 36.4 Å². The Balaban J connectivity index is 1.40. The van der Waals surface area contributed by atoms with Gasteiger partial charge < -0.3 is 9.47 Å². The molecule has 0 spiro atoms. The van der Waals surface area contributed by atoms with Gasteiger partial charge in [0.05, 0.1) is 18.3 Å². The van der Waals surface area contributed by atoms with Crippen molar-refractivity contribution in [2.45, 2.75) is 18.3 Å². The molecule has 0 radical (unpaired) electrons. The Bertz CT molecular complexity index is 1950. The number of esters is 2. The Morgan fingerprint density at radius 1 is 0.511 bits per heavy atom. The Morgan fingerprint density at radius 3 is 1.36 bits per heavy atom. The molecule has 6 aromatic carbocycles. The van der Waals surface area contributed by atoms with Crippen molar-refractivity contribution in [2.24, 2.45) is 0 Å². The third-order valence-electron chi connectivity index (χ3n) is 8.54. The van der Waals surface area contributed by atoms with Gasteiger partial charge in [-0.25, -0.2) is 0 Å². The van der Waals surface area contributed by atoms with Crippen LogP contribution in [-0.2, 0) is 15.0 Å². The van der Waals surface area contributed by atoms with Gasteiger partial charge in [-0.05, 0) is 91.3 Å². The van der Waals surface area contributed by atoms with Gasteiger partial charge in [0.2, 0.25) is 0 Å². The molecule has 0 aliphatic heterocycles. The van der Waals surface area contributed by atoms with E-state index in [2.05, 4.69) is 110 Å². The van der Waals surface area contributed by atoms with Crippen LogP contribution in [0.2, 0.25) is 0 Å². The van der Waals surface area contributed by atoms with E-state index in [0.29, 0.717) is 23.0 Å². The molecular formula is C39H30O4S2. The van der Waals surface area contributed by atoms with Crippen LogP contribution in [0.25, 0.3) is 32.7 Å². The molecule has 0 heterocycles. The molecule has 6 aromatic rings. The fourth-order valence-corrected chi connectivity index (χ4v) is 6.98. The quantitative estimate of drug-likeness (QED) is 0.101. The third-order valence-corrected chi connectivity index (χ3v) is 8.98. The Hall–Kier alpha value is -4.52. The summed E-state index contributed by atoms with van der Waals surface area (Å²) in [6, 6.07) is 41.9. The highest BCUT2D eigenvalue weighted by Gasteiger charge is 2.46. The van der Waals surface area contributed by atoms with Gasteiger partial charge in [0, 0.05) is 11.5 Å². The smallest absolute Gasteiger partial charge is 0.312 e. The number of thiol groups is 2. The second-order valence-electron chi connectivity index (χ2n) is 11.2. The first-order valence-corrected chi connectivity index (χ1v) is 16.2. The Labute approximate surface area is 272 Å². The molecule has 0 unspecified atom stereocenters. The van der Waals surface area contributed by atoms with Crippen LogP contribution in [0.1, 0.15) is 35.1 Å². The van der Waals surface area contributed by atoms with Crippen molar-refractivity contribution in [3.8, 4) is 22.6 Å². The highest BCUT2D eigenvalue weighted by atomic mass is 32.1. The minimum atomic E-state index is -0.578. The van der Waals surface area contributed by atoms with Crippen molar-refractivity contribution in [3.05, 3.63) is 144 Å². The van der Waals surface area contributed by atoms with E-state index < -0.39 is 5.41 Å². The minimum Gasteiger partial charge on any atom is -0.426 e. The zero-order chi connectivity index (χ0) is 31.0. The lowest BCUT2D eigenvalue weighted by molar-refractivity contribution is -0.134. The van der Waals surface area contributed by atoms with Crippen LogP contribution in [0.4, 0.5) is 0 Å². The van der Waals surface area contributed by atoms with E-state index in [0.717, 1.165) is 32.7 Å². The summed E-state index contributed by atoms with van der Waals surface area (Å²) in [5.74, 6) is 1.36. The molecule has 0 saturated heterocycles. The third kappa shape index (κ3) is 5.18. The fraction of sp³-hybridized carbons (Fsp3) is 0.128. The molecule has 222 valence electrons. The first kappa shape index (κ1) is 29.2. The van der Waals surface area contributed by atoms with Crippen molar-refractivity contribution < 1.29 is 19.1 Å². The molecule has 4 nitrogen and oxygen atoms in total. The summed E-state index contributed by atoms with van der Waals surface area (Å²) in [5, 5.41) is 4.08. The van der Waals surface area contributed by atoms with Crippen LogP contribution >= 0.6 is 25.3 Å². The monoisotopic (exact) mass is 626 g/mol. The molecule has 6 heteroatoms. The van der Waals surface area contributed by atoms with E-state index >= 15 is 0 Å². The molecular weight excluding hydrogens is 597 g/mol. The molecule has 0 N–H and O–H groups in total. The fourth-order valence-electron chi connectivity index (χ4n) is 6.61. The van der Waals surface area contributed by atoms with Gasteiger partial charge in [-0.2, -0.15) is 25.3 Å². The predicted molar refractivity (Wildman–Crippen MR) is 187 cm³/mol. The van der Waals surface area contributed by atoms with E-state index in [9.17, 15) is 9.59 Å². The van der Waals surface area contributed by atoms with Gasteiger partial charge in [0.25, 0.3) is 0 Å². The maximum atomic E-state index is 12.1. The molecule has 1 aliphatic carbocycles. The van der Waals surface area contributed by atoms with Crippen molar-refractivity contribution >= 4 is 58.7 Å². The van der Waals surface area contributed by atoms with Gasteiger partial charge in [-0.1, -0.05) is 84.9 Å². The van der Waals surface area contributed by atoms with Crippen LogP contribution in [-0.4, -0.2) is 23.4 Å². The minimum absolute atomic E-state index is 0.260. The number of rotatable bonds is 8. The standard InChI is InChI=1S/C39H30O4S2/c40-37(17-19-44)42-31-15-11-25-21-29(13-9-27(25)23-31)39(35-7-3-1-5-33(35)34-6-2-4-8-36(34)39)30-14-10-28-24-32(16-12-26(28)22-30)43-38(41)18-20-45/h1-16,21-24,44-45H,17-20H2. The molecule has 0 saturated carbocycles. The van der Waals surface area contributed by atoms with Crippen LogP contribution < -0.4 is 9.47 Å². The van der Waals surface area contributed by atoms with Crippen molar-refractivity contribution in [3.63, 3.8) is 0 Å². The van der Waals surface area contributed by atoms with E-state index in [1.165, 1.54) is 22.3 Å². The van der Waals surface area contributed by atoms with Crippen LogP contribution in [0.5, 0.6) is 11.5 Å². The number of benzene rings is 6. The summed E-state index contributed by atoms with van der Waals surface area (Å²) >= 11 is 8.28. The van der Waals surface area contributed by atoms with Crippen LogP contribution in [0, 0.1) is 0 Å². The topological polar surface area (TPSA) is 52.6 Å². The first-order valence-electron chi connectivity index (χ1n) is 14.9. The van der Waals surface area contributed by atoms with Crippen molar-refractivity contribution in [2.75, 3.05) is 11.5 Å². The summed E-state index contributed by atoms with van der Waals surface area (Å²) < 4.78 is 11.1. The van der Waals surface area contributed by atoms with Crippen molar-refractivity contribution in [1.82, 2.24) is 0 Å². The van der Waals surface area contributed by atoms with E-state index in [4.69, 9.17) is 9.47 Å². The largest absolute Gasteiger partial charge is 0.426 e. The molecule has 1 aliphatic rings. The SMILES string of the molecule is O=C(CCS)Oc1ccc2cc(C3(c4ccc5cc(OC(=O)CCS)ccc5c4)c4ccccc4-c4ccccc43)ccc2c1. The summed E-state index contributed by atoms with van der Waals surface area (Å²) in [4.78, 5) is 24.2. The van der Waals surface area contributed by atoms with Crippen molar-refractivity contribution in [1.29, 1.82) is 0 Å². The molecule has 0 atom stereocenters. The highest BCUT2D eigenvalue weighted by molar-refractivity contribution is 7.80. The average molecular weight is 627 g/mol. The second-order valence-corrected chi connectivity index (χ2v) is 12.1. The number of carbonyl (C=O) groups is 2. The summed E-state index contributed by atoms with van der Waals surface area (Å²) in [6.07, 6.45) is 0.519. The van der Waals surface area contributed by atoms with Gasteiger partial charge in [0.1, 0.15) is 11.5 Å². The Morgan fingerprint density at radius 2 is 0.911 bits per heavy atom. The maximum Gasteiger partial charge on any atom is 0.312 e. The number of carbonyl (C=O) groups excluding carboxylic acids is 2. The van der Waals surface area contributed by atoms with Gasteiger partial charge in [0.15, 0.2) is 0 Å². The maximum absolute atomic E-state index is 12.1. The number of hydrogen-bond acceptors (Lipinski definition) is 6. The van der Waals surface area contributed by atoms with E-state index in [1.54, 1.807) is 0 Å². The lowest BCUT2D eigenvalue weighted by atomic mass is 9.67. The molecule has 0 amide bonds. The summed E-state index contributed by atoms with van der Waals surface area (Å²) in [5.41, 5.74) is 6.58. The predicted octanol–water partition coefficient (Wildman–Crippen LogP) is 8.81. The zero-order valence-electron chi connectivity index (χ0n) is 24.4. The van der Waals surface area contributed by atoms with Crippen LogP contribution in [0.3, 0.4) is 0 Å². The van der Waals surface area contributed by atoms with Gasteiger partial charge in [-0.3, -0.25) is 9.59 Å². The lowest BCUT2D eigenvalue weighted by Crippen LogP contribution is -2.28. The number of ether oxygens (including phenoxy) is 2. The Kier molecular flexibility index (Phi) is 7.86. The molecule has 7 rings (SSSR count). The molecule has 0 bridgehead atoms. The first-order chi connectivity index (χ1) is 22.0. The average Bonchev–Trinajstić information content (AvgIpc) is 3.36. The normalized spacial score (nSPS) is 12.9. The number of fused-ring (bicyclic) bond motifs is 5. The number of hydrogen-bond donors (Lipinski definition) is 2. The summed E-state index contributed by atoms with van der Waals surface area (Å²) in [6.45, 7) is 0. The van der Waals surface area contributed by atoms with Gasteiger partial charge >= 0.3 is 11.9 Å². The highest BCUT2D eigenvalue weighted by Crippen LogP contribution is 2.56. The molecule has 45 heavy (non-hydrogen) atoms. The molecule has 0 aromatic heterocycles. The molecule has 0 fully saturated rings. The van der Waals surface area contributed by atoms with Gasteiger partial charge in [-0.15, -0.1) is 0 Å². The van der Waals surface area contributed by atoms with E-state index in [-0.39, 0.29) is 24.8 Å². The lowest BCUT2D eigenvalue weighted by Gasteiger charge is -2.34. The zero-order valence-corrected chi connectivity index (χ0v) is 26.2.